The predicted molar refractivity (Wildman–Crippen MR) is 49.6 cm³/mol. The van der Waals surface area contributed by atoms with Gasteiger partial charge < -0.3 is 9.84 Å². The molecular weight excluding hydrogens is 184 g/mol. The van der Waals surface area contributed by atoms with Crippen LogP contribution in [0.25, 0.3) is 0 Å². The molecule has 1 rings (SSSR count). The van der Waals surface area contributed by atoms with Gasteiger partial charge in [-0.1, -0.05) is 13.0 Å². The molecule has 1 fully saturated rings. The zero-order valence-electron chi connectivity index (χ0n) is 8.32. The molecule has 4 heteroatoms. The van der Waals surface area contributed by atoms with Crippen LogP contribution in [0.3, 0.4) is 0 Å². The Balaban J connectivity index is 2.74. The maximum absolute atomic E-state index is 11.2. The zero-order chi connectivity index (χ0) is 10.7. The van der Waals surface area contributed by atoms with Crippen molar-refractivity contribution >= 4 is 11.9 Å². The molecule has 0 aromatic heterocycles. The molecule has 1 N–H and O–H groups in total. The van der Waals surface area contributed by atoms with Crippen LogP contribution < -0.4 is 0 Å². The number of carboxylic acids is 1. The van der Waals surface area contributed by atoms with Crippen LogP contribution in [0.5, 0.6) is 0 Å². The number of carbonyl (C=O) groups is 2. The lowest BCUT2D eigenvalue weighted by molar-refractivity contribution is -0.141. The monoisotopic (exact) mass is 198 g/mol. The highest BCUT2D eigenvalue weighted by atomic mass is 16.5. The van der Waals surface area contributed by atoms with E-state index in [9.17, 15) is 9.59 Å². The second kappa shape index (κ2) is 4.26. The lowest BCUT2D eigenvalue weighted by atomic mass is 9.91. The SMILES string of the molecule is CCC1C(=O)OCC1/C=C(\C)C(=O)O. The molecule has 1 aliphatic heterocycles. The molecule has 1 saturated heterocycles. The minimum atomic E-state index is -0.945. The van der Waals surface area contributed by atoms with Crippen molar-refractivity contribution < 1.29 is 19.4 Å². The van der Waals surface area contributed by atoms with Gasteiger partial charge in [-0.25, -0.2) is 4.79 Å². The van der Waals surface area contributed by atoms with Crippen molar-refractivity contribution in [2.75, 3.05) is 6.61 Å². The molecule has 2 unspecified atom stereocenters. The summed E-state index contributed by atoms with van der Waals surface area (Å²) in [4.78, 5) is 21.7. The molecule has 1 aliphatic rings. The highest BCUT2D eigenvalue weighted by Gasteiger charge is 2.34. The summed E-state index contributed by atoms with van der Waals surface area (Å²) < 4.78 is 4.87. The Morgan fingerprint density at radius 1 is 1.71 bits per heavy atom. The van der Waals surface area contributed by atoms with Gasteiger partial charge in [0, 0.05) is 11.5 Å². The molecule has 0 aliphatic carbocycles. The van der Waals surface area contributed by atoms with Gasteiger partial charge in [-0.05, 0) is 13.3 Å². The van der Waals surface area contributed by atoms with Crippen LogP contribution in [0.15, 0.2) is 11.6 Å². The summed E-state index contributed by atoms with van der Waals surface area (Å²) in [5.74, 6) is -1.42. The second-order valence-electron chi connectivity index (χ2n) is 3.46. The molecule has 4 nitrogen and oxygen atoms in total. The van der Waals surface area contributed by atoms with E-state index < -0.39 is 5.97 Å². The third kappa shape index (κ3) is 2.13. The molecule has 0 amide bonds. The lowest BCUT2D eigenvalue weighted by Gasteiger charge is -2.08. The van der Waals surface area contributed by atoms with E-state index in [2.05, 4.69) is 0 Å². The van der Waals surface area contributed by atoms with Gasteiger partial charge in [0.1, 0.15) is 0 Å². The number of carbonyl (C=O) groups excluding carboxylic acids is 1. The van der Waals surface area contributed by atoms with Gasteiger partial charge >= 0.3 is 11.9 Å². The second-order valence-corrected chi connectivity index (χ2v) is 3.46. The van der Waals surface area contributed by atoms with Crippen LogP contribution in [0, 0.1) is 11.8 Å². The van der Waals surface area contributed by atoms with E-state index in [0.717, 1.165) is 0 Å². The first kappa shape index (κ1) is 10.8. The first-order chi connectivity index (χ1) is 6.56. The molecule has 0 bridgehead atoms. The fourth-order valence-electron chi connectivity index (χ4n) is 1.60. The minimum Gasteiger partial charge on any atom is -0.478 e. The summed E-state index contributed by atoms with van der Waals surface area (Å²) in [6.45, 7) is 3.73. The van der Waals surface area contributed by atoms with Gasteiger partial charge in [0.15, 0.2) is 0 Å². The van der Waals surface area contributed by atoms with Crippen molar-refractivity contribution in [2.24, 2.45) is 11.8 Å². The standard InChI is InChI=1S/C10H14O4/c1-3-8-7(5-14-10(8)13)4-6(2)9(11)12/h4,7-8H,3,5H2,1-2H3,(H,11,12)/b6-4+. The molecule has 0 spiro atoms. The number of aliphatic carboxylic acids is 1. The Morgan fingerprint density at radius 2 is 2.36 bits per heavy atom. The summed E-state index contributed by atoms with van der Waals surface area (Å²) in [5.41, 5.74) is 0.270. The third-order valence-electron chi connectivity index (χ3n) is 2.48. The smallest absolute Gasteiger partial charge is 0.330 e. The average molecular weight is 198 g/mol. The number of rotatable bonds is 3. The van der Waals surface area contributed by atoms with Crippen molar-refractivity contribution in [1.82, 2.24) is 0 Å². The number of cyclic esters (lactones) is 1. The van der Waals surface area contributed by atoms with Crippen LogP contribution in [0.1, 0.15) is 20.3 Å². The summed E-state index contributed by atoms with van der Waals surface area (Å²) in [7, 11) is 0. The molecule has 0 radical (unpaired) electrons. The van der Waals surface area contributed by atoms with Crippen LogP contribution in [0.2, 0.25) is 0 Å². The van der Waals surface area contributed by atoms with Gasteiger partial charge in [-0.15, -0.1) is 0 Å². The normalized spacial score (nSPS) is 27.6. The molecule has 1 heterocycles. The van der Waals surface area contributed by atoms with E-state index >= 15 is 0 Å². The number of hydrogen-bond acceptors (Lipinski definition) is 3. The van der Waals surface area contributed by atoms with E-state index in [1.54, 1.807) is 6.08 Å². The van der Waals surface area contributed by atoms with Crippen molar-refractivity contribution in [3.05, 3.63) is 11.6 Å². The van der Waals surface area contributed by atoms with Gasteiger partial charge in [-0.3, -0.25) is 4.79 Å². The van der Waals surface area contributed by atoms with Crippen molar-refractivity contribution in [2.45, 2.75) is 20.3 Å². The van der Waals surface area contributed by atoms with Gasteiger partial charge in [-0.2, -0.15) is 0 Å². The quantitative estimate of drug-likeness (QED) is 0.547. The Hall–Kier alpha value is -1.32. The maximum atomic E-state index is 11.2. The molecule has 14 heavy (non-hydrogen) atoms. The Labute approximate surface area is 82.6 Å². The summed E-state index contributed by atoms with van der Waals surface area (Å²) in [6, 6.07) is 0. The van der Waals surface area contributed by atoms with Crippen LogP contribution >= 0.6 is 0 Å². The van der Waals surface area contributed by atoms with E-state index in [4.69, 9.17) is 9.84 Å². The summed E-state index contributed by atoms with van der Waals surface area (Å²) in [5, 5.41) is 8.67. The topological polar surface area (TPSA) is 63.6 Å². The first-order valence-electron chi connectivity index (χ1n) is 4.64. The highest BCUT2D eigenvalue weighted by Crippen LogP contribution is 2.27. The van der Waals surface area contributed by atoms with Crippen LogP contribution in [-0.4, -0.2) is 23.7 Å². The van der Waals surface area contributed by atoms with E-state index in [0.29, 0.717) is 13.0 Å². The summed E-state index contributed by atoms with van der Waals surface area (Å²) in [6.07, 6.45) is 2.30. The zero-order valence-corrected chi connectivity index (χ0v) is 8.32. The summed E-state index contributed by atoms with van der Waals surface area (Å²) >= 11 is 0. The predicted octanol–water partition coefficient (Wildman–Crippen LogP) is 1.22. The molecule has 2 atom stereocenters. The van der Waals surface area contributed by atoms with Crippen molar-refractivity contribution in [1.29, 1.82) is 0 Å². The fourth-order valence-corrected chi connectivity index (χ4v) is 1.60. The Kier molecular flexibility index (Phi) is 3.28. The Bertz CT molecular complexity index is 280. The number of ether oxygens (including phenoxy) is 1. The number of carboxylic acid groups (broad SMARTS) is 1. The van der Waals surface area contributed by atoms with Crippen LogP contribution in [0.4, 0.5) is 0 Å². The molecule has 78 valence electrons. The third-order valence-corrected chi connectivity index (χ3v) is 2.48. The first-order valence-corrected chi connectivity index (χ1v) is 4.64. The average Bonchev–Trinajstić information content (AvgIpc) is 2.46. The molecule has 0 saturated carbocycles. The van der Waals surface area contributed by atoms with E-state index in [-0.39, 0.29) is 23.4 Å². The number of hydrogen-bond donors (Lipinski definition) is 1. The van der Waals surface area contributed by atoms with Crippen molar-refractivity contribution in [3.8, 4) is 0 Å². The lowest BCUT2D eigenvalue weighted by Crippen LogP contribution is -2.14. The van der Waals surface area contributed by atoms with E-state index in [1.165, 1.54) is 6.92 Å². The molecular formula is C10H14O4. The van der Waals surface area contributed by atoms with Gasteiger partial charge in [0.25, 0.3) is 0 Å². The van der Waals surface area contributed by atoms with E-state index in [1.807, 2.05) is 6.92 Å². The minimum absolute atomic E-state index is 0.0800. The Morgan fingerprint density at radius 3 is 2.86 bits per heavy atom. The van der Waals surface area contributed by atoms with Gasteiger partial charge in [0.2, 0.25) is 0 Å². The highest BCUT2D eigenvalue weighted by molar-refractivity contribution is 5.86. The largest absolute Gasteiger partial charge is 0.478 e. The fraction of sp³-hybridized carbons (Fsp3) is 0.600. The van der Waals surface area contributed by atoms with Gasteiger partial charge in [0.05, 0.1) is 12.5 Å². The van der Waals surface area contributed by atoms with Crippen molar-refractivity contribution in [3.63, 3.8) is 0 Å². The molecule has 0 aromatic rings. The number of esters is 1. The molecule has 0 aromatic carbocycles. The van der Waals surface area contributed by atoms with Crippen LogP contribution in [-0.2, 0) is 14.3 Å². The maximum Gasteiger partial charge on any atom is 0.330 e.